The zero-order chi connectivity index (χ0) is 10.7. The monoisotopic (exact) mass is 238 g/mol. The van der Waals surface area contributed by atoms with Crippen molar-refractivity contribution in [3.8, 4) is 0 Å². The van der Waals surface area contributed by atoms with Crippen molar-refractivity contribution in [2.24, 2.45) is 0 Å². The van der Waals surface area contributed by atoms with E-state index in [4.69, 9.17) is 11.6 Å². The molecule has 2 aromatic rings. The quantitative estimate of drug-likeness (QED) is 0.889. The van der Waals surface area contributed by atoms with Crippen molar-refractivity contribution in [3.63, 3.8) is 0 Å². The fourth-order valence-corrected chi connectivity index (χ4v) is 2.28. The number of nitrogens with zero attached hydrogens (tertiary/aromatic N) is 1. The van der Waals surface area contributed by atoms with Crippen LogP contribution in [0.1, 0.15) is 17.3 Å². The Bertz CT molecular complexity index is 411. The van der Waals surface area contributed by atoms with Crippen LogP contribution in [0, 0.1) is 0 Å². The molecule has 0 aliphatic carbocycles. The summed E-state index contributed by atoms with van der Waals surface area (Å²) in [7, 11) is 1.93. The normalized spacial score (nSPS) is 12.7. The van der Waals surface area contributed by atoms with Crippen LogP contribution in [-0.4, -0.2) is 12.0 Å². The van der Waals surface area contributed by atoms with Gasteiger partial charge in [-0.15, -0.1) is 0 Å². The molecule has 2 rings (SSSR count). The number of hydrogen-bond acceptors (Lipinski definition) is 3. The lowest BCUT2D eigenvalue weighted by Gasteiger charge is -2.13. The molecule has 0 fully saturated rings. The van der Waals surface area contributed by atoms with Gasteiger partial charge in [0.25, 0.3) is 0 Å². The van der Waals surface area contributed by atoms with Crippen LogP contribution in [0.25, 0.3) is 0 Å². The van der Waals surface area contributed by atoms with Gasteiger partial charge in [-0.1, -0.05) is 11.6 Å². The van der Waals surface area contributed by atoms with E-state index < -0.39 is 0 Å². The SMILES string of the molecule is CNC(c1ccsc1)c1ccc(Cl)cn1. The molecular formula is C11H11ClN2S. The summed E-state index contributed by atoms with van der Waals surface area (Å²) >= 11 is 7.49. The molecule has 78 valence electrons. The Balaban J connectivity index is 2.31. The molecule has 0 spiro atoms. The van der Waals surface area contributed by atoms with Crippen LogP contribution in [0.15, 0.2) is 35.2 Å². The molecule has 0 saturated carbocycles. The molecular weight excluding hydrogens is 228 g/mol. The summed E-state index contributed by atoms with van der Waals surface area (Å²) in [6, 6.07) is 6.05. The van der Waals surface area contributed by atoms with Gasteiger partial charge < -0.3 is 5.32 Å². The Morgan fingerprint density at radius 3 is 2.80 bits per heavy atom. The lowest BCUT2D eigenvalue weighted by atomic mass is 10.1. The van der Waals surface area contributed by atoms with E-state index in [0.717, 1.165) is 5.69 Å². The molecule has 0 saturated heterocycles. The van der Waals surface area contributed by atoms with Crippen molar-refractivity contribution < 1.29 is 0 Å². The smallest absolute Gasteiger partial charge is 0.0757 e. The van der Waals surface area contributed by atoms with Crippen molar-refractivity contribution in [2.75, 3.05) is 7.05 Å². The lowest BCUT2D eigenvalue weighted by Crippen LogP contribution is -2.18. The van der Waals surface area contributed by atoms with Crippen molar-refractivity contribution in [1.82, 2.24) is 10.3 Å². The van der Waals surface area contributed by atoms with Gasteiger partial charge in [-0.3, -0.25) is 4.98 Å². The number of thiophene rings is 1. The molecule has 0 radical (unpaired) electrons. The van der Waals surface area contributed by atoms with Crippen LogP contribution >= 0.6 is 22.9 Å². The molecule has 0 aliphatic rings. The van der Waals surface area contributed by atoms with Gasteiger partial charge in [-0.25, -0.2) is 0 Å². The minimum Gasteiger partial charge on any atom is -0.308 e. The molecule has 1 unspecified atom stereocenters. The van der Waals surface area contributed by atoms with Crippen LogP contribution in [-0.2, 0) is 0 Å². The molecule has 2 aromatic heterocycles. The third-order valence-electron chi connectivity index (χ3n) is 2.21. The Morgan fingerprint density at radius 1 is 1.40 bits per heavy atom. The number of nitrogens with one attached hydrogen (secondary N) is 1. The van der Waals surface area contributed by atoms with Crippen LogP contribution in [0.2, 0.25) is 5.02 Å². The van der Waals surface area contributed by atoms with E-state index in [1.54, 1.807) is 17.5 Å². The fraction of sp³-hybridized carbons (Fsp3) is 0.182. The average molecular weight is 239 g/mol. The molecule has 0 aliphatic heterocycles. The van der Waals surface area contributed by atoms with E-state index >= 15 is 0 Å². The van der Waals surface area contributed by atoms with E-state index in [0.29, 0.717) is 5.02 Å². The maximum absolute atomic E-state index is 5.80. The Hall–Kier alpha value is -0.900. The van der Waals surface area contributed by atoms with Crippen molar-refractivity contribution >= 4 is 22.9 Å². The second kappa shape index (κ2) is 4.75. The Morgan fingerprint density at radius 2 is 2.27 bits per heavy atom. The largest absolute Gasteiger partial charge is 0.308 e. The van der Waals surface area contributed by atoms with E-state index in [2.05, 4.69) is 27.1 Å². The summed E-state index contributed by atoms with van der Waals surface area (Å²) in [4.78, 5) is 4.32. The van der Waals surface area contributed by atoms with Crippen molar-refractivity contribution in [3.05, 3.63) is 51.4 Å². The van der Waals surface area contributed by atoms with Gasteiger partial charge in [0, 0.05) is 6.20 Å². The zero-order valence-electron chi connectivity index (χ0n) is 8.27. The van der Waals surface area contributed by atoms with Crippen LogP contribution in [0.4, 0.5) is 0 Å². The molecule has 0 amide bonds. The summed E-state index contributed by atoms with van der Waals surface area (Å²) in [5.41, 5.74) is 2.22. The molecule has 0 bridgehead atoms. The maximum atomic E-state index is 5.80. The topological polar surface area (TPSA) is 24.9 Å². The number of halogens is 1. The molecule has 0 aromatic carbocycles. The standard InChI is InChI=1S/C11H11ClN2S/c1-13-11(8-4-5-15-7-8)10-3-2-9(12)6-14-10/h2-7,11,13H,1H3. The number of pyridine rings is 1. The third kappa shape index (κ3) is 2.37. The highest BCUT2D eigenvalue weighted by Gasteiger charge is 2.12. The first-order chi connectivity index (χ1) is 7.31. The molecule has 2 nitrogen and oxygen atoms in total. The van der Waals surface area contributed by atoms with Gasteiger partial charge >= 0.3 is 0 Å². The van der Waals surface area contributed by atoms with Gasteiger partial charge in [0.1, 0.15) is 0 Å². The molecule has 2 heterocycles. The van der Waals surface area contributed by atoms with E-state index in [-0.39, 0.29) is 6.04 Å². The second-order valence-corrected chi connectivity index (χ2v) is 4.40. The van der Waals surface area contributed by atoms with Gasteiger partial charge in [0.05, 0.1) is 16.8 Å². The first kappa shape index (κ1) is 10.6. The predicted molar refractivity (Wildman–Crippen MR) is 64.5 cm³/mol. The minimum atomic E-state index is 0.147. The maximum Gasteiger partial charge on any atom is 0.0757 e. The Labute approximate surface area is 97.9 Å². The summed E-state index contributed by atoms with van der Waals surface area (Å²) < 4.78 is 0. The third-order valence-corrected chi connectivity index (χ3v) is 3.14. The summed E-state index contributed by atoms with van der Waals surface area (Å²) in [5.74, 6) is 0. The lowest BCUT2D eigenvalue weighted by molar-refractivity contribution is 0.673. The van der Waals surface area contributed by atoms with Gasteiger partial charge in [-0.05, 0) is 41.6 Å². The number of hydrogen-bond donors (Lipinski definition) is 1. The van der Waals surface area contributed by atoms with Gasteiger partial charge in [-0.2, -0.15) is 11.3 Å². The highest BCUT2D eigenvalue weighted by atomic mass is 35.5. The van der Waals surface area contributed by atoms with E-state index in [1.165, 1.54) is 5.56 Å². The molecule has 4 heteroatoms. The van der Waals surface area contributed by atoms with Crippen molar-refractivity contribution in [1.29, 1.82) is 0 Å². The summed E-state index contributed by atoms with van der Waals surface area (Å²) in [5, 5.41) is 8.09. The highest BCUT2D eigenvalue weighted by molar-refractivity contribution is 7.08. The highest BCUT2D eigenvalue weighted by Crippen LogP contribution is 2.22. The van der Waals surface area contributed by atoms with Gasteiger partial charge in [0.2, 0.25) is 0 Å². The van der Waals surface area contributed by atoms with Crippen LogP contribution < -0.4 is 5.32 Å². The van der Waals surface area contributed by atoms with Crippen LogP contribution in [0.5, 0.6) is 0 Å². The molecule has 15 heavy (non-hydrogen) atoms. The zero-order valence-corrected chi connectivity index (χ0v) is 9.85. The fourth-order valence-electron chi connectivity index (χ4n) is 1.48. The molecule has 1 N–H and O–H groups in total. The Kier molecular flexibility index (Phi) is 3.36. The minimum absolute atomic E-state index is 0.147. The number of rotatable bonds is 3. The summed E-state index contributed by atoms with van der Waals surface area (Å²) in [6.45, 7) is 0. The second-order valence-electron chi connectivity index (χ2n) is 3.18. The average Bonchev–Trinajstić information content (AvgIpc) is 2.75. The predicted octanol–water partition coefficient (Wildman–Crippen LogP) is 3.11. The first-order valence-electron chi connectivity index (χ1n) is 4.62. The van der Waals surface area contributed by atoms with E-state index in [9.17, 15) is 0 Å². The molecule has 1 atom stereocenters. The number of aromatic nitrogens is 1. The van der Waals surface area contributed by atoms with Crippen molar-refractivity contribution in [2.45, 2.75) is 6.04 Å². The van der Waals surface area contributed by atoms with E-state index in [1.807, 2.05) is 19.2 Å². The van der Waals surface area contributed by atoms with Gasteiger partial charge in [0.15, 0.2) is 0 Å². The van der Waals surface area contributed by atoms with Crippen LogP contribution in [0.3, 0.4) is 0 Å². The summed E-state index contributed by atoms with van der Waals surface area (Å²) in [6.07, 6.45) is 1.67. The first-order valence-corrected chi connectivity index (χ1v) is 5.94.